The quantitative estimate of drug-likeness (QED) is 0.441. The molecular weight excluding hydrogens is 276 g/mol. The van der Waals surface area contributed by atoms with Crippen molar-refractivity contribution in [3.63, 3.8) is 0 Å². The Kier molecular flexibility index (Phi) is 5.65. The van der Waals surface area contributed by atoms with Gasteiger partial charge in [-0.3, -0.25) is 19.7 Å². The van der Waals surface area contributed by atoms with Gasteiger partial charge in [-0.15, -0.1) is 0 Å². The van der Waals surface area contributed by atoms with Crippen LogP contribution in [-0.2, 0) is 4.79 Å². The zero-order valence-electron chi connectivity index (χ0n) is 12.0. The van der Waals surface area contributed by atoms with Gasteiger partial charge in [-0.05, 0) is 18.6 Å². The third kappa shape index (κ3) is 4.75. The van der Waals surface area contributed by atoms with E-state index in [9.17, 15) is 19.7 Å². The third-order valence-corrected chi connectivity index (χ3v) is 2.76. The number of nitrogens with zero attached hydrogens (tertiary/aromatic N) is 2. The SMILES string of the molecule is CN(C)C(=O)c1ccc(NCCCC(N)=O)c([N+](=O)[O-])c1. The van der Waals surface area contributed by atoms with Crippen LogP contribution in [0.2, 0.25) is 0 Å². The van der Waals surface area contributed by atoms with Gasteiger partial charge in [0.2, 0.25) is 5.91 Å². The lowest BCUT2D eigenvalue weighted by Gasteiger charge is -2.11. The van der Waals surface area contributed by atoms with Crippen LogP contribution in [0, 0.1) is 10.1 Å². The van der Waals surface area contributed by atoms with Crippen LogP contribution >= 0.6 is 0 Å². The summed E-state index contributed by atoms with van der Waals surface area (Å²) in [6, 6.07) is 4.24. The van der Waals surface area contributed by atoms with E-state index in [-0.39, 0.29) is 23.6 Å². The number of amides is 2. The van der Waals surface area contributed by atoms with Crippen molar-refractivity contribution < 1.29 is 14.5 Å². The van der Waals surface area contributed by atoms with E-state index in [1.165, 1.54) is 23.1 Å². The van der Waals surface area contributed by atoms with Crippen molar-refractivity contribution in [3.05, 3.63) is 33.9 Å². The average molecular weight is 294 g/mol. The van der Waals surface area contributed by atoms with Crippen LogP contribution in [0.15, 0.2) is 18.2 Å². The van der Waals surface area contributed by atoms with Crippen LogP contribution < -0.4 is 11.1 Å². The maximum atomic E-state index is 11.8. The molecule has 0 spiro atoms. The molecule has 0 saturated heterocycles. The van der Waals surface area contributed by atoms with Crippen LogP contribution in [0.1, 0.15) is 23.2 Å². The molecule has 0 atom stereocenters. The Bertz CT molecular complexity index is 557. The summed E-state index contributed by atoms with van der Waals surface area (Å²) in [5.41, 5.74) is 5.39. The number of rotatable bonds is 7. The van der Waals surface area contributed by atoms with Crippen molar-refractivity contribution in [2.75, 3.05) is 26.0 Å². The van der Waals surface area contributed by atoms with E-state index < -0.39 is 10.8 Å². The number of nitro benzene ring substituents is 1. The molecule has 0 aromatic heterocycles. The van der Waals surface area contributed by atoms with Crippen LogP contribution in [0.5, 0.6) is 0 Å². The highest BCUT2D eigenvalue weighted by Gasteiger charge is 2.18. The number of carbonyl (C=O) groups is 2. The van der Waals surface area contributed by atoms with E-state index in [2.05, 4.69) is 5.32 Å². The molecule has 21 heavy (non-hydrogen) atoms. The molecule has 1 rings (SSSR count). The summed E-state index contributed by atoms with van der Waals surface area (Å²) in [6.07, 6.45) is 0.683. The fourth-order valence-corrected chi connectivity index (χ4v) is 1.71. The van der Waals surface area contributed by atoms with Gasteiger partial charge in [-0.1, -0.05) is 0 Å². The highest BCUT2D eigenvalue weighted by atomic mass is 16.6. The van der Waals surface area contributed by atoms with Gasteiger partial charge in [0.1, 0.15) is 5.69 Å². The van der Waals surface area contributed by atoms with Gasteiger partial charge in [0.25, 0.3) is 11.6 Å². The van der Waals surface area contributed by atoms with Crippen LogP contribution in [0.25, 0.3) is 0 Å². The second-order valence-corrected chi connectivity index (χ2v) is 4.69. The number of benzene rings is 1. The maximum absolute atomic E-state index is 11.8. The van der Waals surface area contributed by atoms with E-state index in [1.807, 2.05) is 0 Å². The fraction of sp³-hybridized carbons (Fsp3) is 0.385. The lowest BCUT2D eigenvalue weighted by Crippen LogP contribution is -2.21. The summed E-state index contributed by atoms with van der Waals surface area (Å²) in [5.74, 6) is -0.725. The first kappa shape index (κ1) is 16.4. The molecule has 114 valence electrons. The number of anilines is 1. The molecule has 0 heterocycles. The standard InChI is InChI=1S/C13H18N4O4/c1-16(2)13(19)9-5-6-10(11(8-9)17(20)21)15-7-3-4-12(14)18/h5-6,8,15H,3-4,7H2,1-2H3,(H2,14,18). The zero-order valence-corrected chi connectivity index (χ0v) is 12.0. The van der Waals surface area contributed by atoms with Gasteiger partial charge in [-0.2, -0.15) is 0 Å². The van der Waals surface area contributed by atoms with Gasteiger partial charge in [0.15, 0.2) is 0 Å². The third-order valence-electron chi connectivity index (χ3n) is 2.76. The number of nitrogens with one attached hydrogen (secondary N) is 1. The molecule has 0 unspecified atom stereocenters. The van der Waals surface area contributed by atoms with Gasteiger partial charge >= 0.3 is 0 Å². The van der Waals surface area contributed by atoms with E-state index in [4.69, 9.17) is 5.73 Å². The van der Waals surface area contributed by atoms with Crippen LogP contribution in [-0.4, -0.2) is 42.3 Å². The van der Waals surface area contributed by atoms with Crippen molar-refractivity contribution in [1.82, 2.24) is 4.90 Å². The summed E-state index contributed by atoms with van der Waals surface area (Å²) in [5, 5.41) is 13.9. The van der Waals surface area contributed by atoms with E-state index >= 15 is 0 Å². The van der Waals surface area contributed by atoms with Crippen molar-refractivity contribution >= 4 is 23.2 Å². The number of hydrogen-bond acceptors (Lipinski definition) is 5. The first-order valence-corrected chi connectivity index (χ1v) is 6.35. The van der Waals surface area contributed by atoms with Crippen molar-refractivity contribution in [3.8, 4) is 0 Å². The minimum absolute atomic E-state index is 0.179. The zero-order chi connectivity index (χ0) is 16.0. The van der Waals surface area contributed by atoms with E-state index in [1.54, 1.807) is 14.1 Å². The second-order valence-electron chi connectivity index (χ2n) is 4.69. The average Bonchev–Trinajstić information content (AvgIpc) is 2.42. The molecule has 0 aliphatic heterocycles. The van der Waals surface area contributed by atoms with Crippen molar-refractivity contribution in [2.45, 2.75) is 12.8 Å². The Balaban J connectivity index is 2.87. The molecule has 1 aromatic rings. The molecule has 2 amide bonds. The minimum Gasteiger partial charge on any atom is -0.379 e. The topological polar surface area (TPSA) is 119 Å². The van der Waals surface area contributed by atoms with Gasteiger partial charge in [0.05, 0.1) is 4.92 Å². The number of carbonyl (C=O) groups excluding carboxylic acids is 2. The first-order valence-electron chi connectivity index (χ1n) is 6.35. The Hall–Kier alpha value is -2.64. The molecule has 3 N–H and O–H groups in total. The van der Waals surface area contributed by atoms with Gasteiger partial charge in [-0.25, -0.2) is 0 Å². The Labute approximate surface area is 122 Å². The molecule has 0 aliphatic rings. The molecule has 8 heteroatoms. The Morgan fingerprint density at radius 1 is 1.38 bits per heavy atom. The number of nitro groups is 1. The van der Waals surface area contributed by atoms with Crippen molar-refractivity contribution in [1.29, 1.82) is 0 Å². The molecule has 0 bridgehead atoms. The molecule has 0 aliphatic carbocycles. The number of nitrogens with two attached hydrogens (primary N) is 1. The summed E-state index contributed by atoms with van der Waals surface area (Å²) in [7, 11) is 3.15. The highest BCUT2D eigenvalue weighted by molar-refractivity contribution is 5.95. The van der Waals surface area contributed by atoms with Crippen LogP contribution in [0.3, 0.4) is 0 Å². The lowest BCUT2D eigenvalue weighted by molar-refractivity contribution is -0.384. The number of hydrogen-bond donors (Lipinski definition) is 2. The smallest absolute Gasteiger partial charge is 0.293 e. The highest BCUT2D eigenvalue weighted by Crippen LogP contribution is 2.26. The summed E-state index contributed by atoms with van der Waals surface area (Å²) < 4.78 is 0. The normalized spacial score (nSPS) is 10.0. The summed E-state index contributed by atoms with van der Waals surface area (Å²) in [4.78, 5) is 34.3. The molecule has 1 aromatic carbocycles. The summed E-state index contributed by atoms with van der Waals surface area (Å²) >= 11 is 0. The first-order chi connectivity index (χ1) is 9.82. The molecular formula is C13H18N4O4. The Morgan fingerprint density at radius 2 is 2.05 bits per heavy atom. The predicted octanol–water partition coefficient (Wildman–Crippen LogP) is 0.974. The Morgan fingerprint density at radius 3 is 2.57 bits per heavy atom. The molecule has 0 radical (unpaired) electrons. The maximum Gasteiger partial charge on any atom is 0.293 e. The monoisotopic (exact) mass is 294 g/mol. The van der Waals surface area contributed by atoms with E-state index in [0.29, 0.717) is 18.7 Å². The summed E-state index contributed by atoms with van der Waals surface area (Å²) in [6.45, 7) is 0.380. The number of primary amides is 1. The van der Waals surface area contributed by atoms with Crippen LogP contribution in [0.4, 0.5) is 11.4 Å². The second kappa shape index (κ2) is 7.22. The van der Waals surface area contributed by atoms with Gasteiger partial charge in [0, 0.05) is 38.7 Å². The predicted molar refractivity (Wildman–Crippen MR) is 78.0 cm³/mol. The largest absolute Gasteiger partial charge is 0.379 e. The molecule has 0 fully saturated rings. The molecule has 8 nitrogen and oxygen atoms in total. The fourth-order valence-electron chi connectivity index (χ4n) is 1.71. The molecule has 0 saturated carbocycles. The lowest BCUT2D eigenvalue weighted by atomic mass is 10.1. The minimum atomic E-state index is -0.553. The van der Waals surface area contributed by atoms with Crippen molar-refractivity contribution in [2.24, 2.45) is 5.73 Å². The van der Waals surface area contributed by atoms with Gasteiger partial charge < -0.3 is 16.0 Å². The van der Waals surface area contributed by atoms with E-state index in [0.717, 1.165) is 0 Å².